The van der Waals surface area contributed by atoms with E-state index in [1.165, 1.54) is 12.1 Å². The molecule has 0 unspecified atom stereocenters. The first-order chi connectivity index (χ1) is 9.52. The zero-order valence-electron chi connectivity index (χ0n) is 11.1. The molecule has 0 aliphatic rings. The highest BCUT2D eigenvalue weighted by Gasteiger charge is 2.09. The van der Waals surface area contributed by atoms with Crippen molar-refractivity contribution in [2.45, 2.75) is 13.8 Å². The molecule has 1 heterocycles. The monoisotopic (exact) mass is 286 g/mol. The number of benzene rings is 2. The summed E-state index contributed by atoms with van der Waals surface area (Å²) in [5.41, 5.74) is 3.31. The Morgan fingerprint density at radius 2 is 1.75 bits per heavy atom. The number of halogens is 2. The van der Waals surface area contributed by atoms with E-state index in [9.17, 15) is 4.39 Å². The van der Waals surface area contributed by atoms with Gasteiger partial charge >= 0.3 is 0 Å². The van der Waals surface area contributed by atoms with Gasteiger partial charge < -0.3 is 0 Å². The van der Waals surface area contributed by atoms with Crippen molar-refractivity contribution < 1.29 is 4.39 Å². The van der Waals surface area contributed by atoms with Crippen LogP contribution >= 0.6 is 11.6 Å². The predicted molar refractivity (Wildman–Crippen MR) is 79.4 cm³/mol. The van der Waals surface area contributed by atoms with E-state index >= 15 is 0 Å². The summed E-state index contributed by atoms with van der Waals surface area (Å²) in [6, 6.07) is 10.5. The van der Waals surface area contributed by atoms with Gasteiger partial charge in [0, 0.05) is 10.9 Å². The number of nitrogens with zero attached hydrogens (tertiary/aromatic N) is 2. The van der Waals surface area contributed by atoms with Crippen LogP contribution in [-0.4, -0.2) is 9.97 Å². The normalized spacial score (nSPS) is 11.0. The summed E-state index contributed by atoms with van der Waals surface area (Å²) in [6.07, 6.45) is 0. The van der Waals surface area contributed by atoms with Gasteiger partial charge in [-0.15, -0.1) is 0 Å². The van der Waals surface area contributed by atoms with Crippen LogP contribution in [0.3, 0.4) is 0 Å². The second kappa shape index (κ2) is 4.84. The molecule has 4 heteroatoms. The molecule has 3 rings (SSSR count). The van der Waals surface area contributed by atoms with E-state index in [1.54, 1.807) is 0 Å². The summed E-state index contributed by atoms with van der Waals surface area (Å²) in [4.78, 5) is 8.75. The highest BCUT2D eigenvalue weighted by molar-refractivity contribution is 6.34. The van der Waals surface area contributed by atoms with Crippen molar-refractivity contribution in [2.24, 2.45) is 0 Å². The highest BCUT2D eigenvalue weighted by atomic mass is 35.5. The van der Waals surface area contributed by atoms with E-state index in [0.717, 1.165) is 22.0 Å². The van der Waals surface area contributed by atoms with E-state index < -0.39 is 0 Å². The van der Waals surface area contributed by atoms with E-state index in [4.69, 9.17) is 11.6 Å². The SMILES string of the molecule is Cc1cc(F)cc(-c2nc(Cl)c3cc(C)ccc3n2)c1. The van der Waals surface area contributed by atoms with Gasteiger partial charge in [-0.2, -0.15) is 0 Å². The van der Waals surface area contributed by atoms with Crippen LogP contribution in [0.2, 0.25) is 5.15 Å². The second-order valence-corrected chi connectivity index (χ2v) is 5.23. The van der Waals surface area contributed by atoms with Gasteiger partial charge in [-0.1, -0.05) is 23.2 Å². The van der Waals surface area contributed by atoms with Gasteiger partial charge in [-0.25, -0.2) is 14.4 Å². The average Bonchev–Trinajstić information content (AvgIpc) is 2.38. The Morgan fingerprint density at radius 1 is 0.950 bits per heavy atom. The summed E-state index contributed by atoms with van der Waals surface area (Å²) in [6.45, 7) is 3.82. The molecule has 100 valence electrons. The fourth-order valence-corrected chi connectivity index (χ4v) is 2.43. The lowest BCUT2D eigenvalue weighted by Crippen LogP contribution is -1.93. The minimum atomic E-state index is -0.302. The van der Waals surface area contributed by atoms with Crippen molar-refractivity contribution in [1.29, 1.82) is 0 Å². The van der Waals surface area contributed by atoms with E-state index in [2.05, 4.69) is 9.97 Å². The third-order valence-corrected chi connectivity index (χ3v) is 3.39. The molecule has 0 aliphatic heterocycles. The van der Waals surface area contributed by atoms with Crippen LogP contribution in [0.1, 0.15) is 11.1 Å². The zero-order chi connectivity index (χ0) is 14.3. The summed E-state index contributed by atoms with van der Waals surface area (Å²) in [5.74, 6) is 0.137. The molecule has 0 radical (unpaired) electrons. The Bertz CT molecular complexity index is 795. The molecule has 0 atom stereocenters. The minimum Gasteiger partial charge on any atom is -0.228 e. The number of fused-ring (bicyclic) bond motifs is 1. The number of hydrogen-bond acceptors (Lipinski definition) is 2. The van der Waals surface area contributed by atoms with Crippen LogP contribution in [-0.2, 0) is 0 Å². The van der Waals surface area contributed by atoms with Gasteiger partial charge in [0.25, 0.3) is 0 Å². The van der Waals surface area contributed by atoms with E-state index in [1.807, 2.05) is 38.1 Å². The molecular weight excluding hydrogens is 275 g/mol. The van der Waals surface area contributed by atoms with Crippen molar-refractivity contribution in [1.82, 2.24) is 9.97 Å². The van der Waals surface area contributed by atoms with Crippen LogP contribution in [0.4, 0.5) is 4.39 Å². The van der Waals surface area contributed by atoms with Gasteiger partial charge in [0.15, 0.2) is 5.82 Å². The first kappa shape index (κ1) is 13.0. The number of aromatic nitrogens is 2. The van der Waals surface area contributed by atoms with Crippen molar-refractivity contribution in [3.8, 4) is 11.4 Å². The van der Waals surface area contributed by atoms with Crippen LogP contribution in [0.15, 0.2) is 36.4 Å². The van der Waals surface area contributed by atoms with Crippen LogP contribution in [0.5, 0.6) is 0 Å². The minimum absolute atomic E-state index is 0.302. The summed E-state index contributed by atoms with van der Waals surface area (Å²) in [7, 11) is 0. The molecule has 0 N–H and O–H groups in total. The standard InChI is InChI=1S/C16H12ClFN2/c1-9-3-4-14-13(7-9)15(17)20-16(19-14)11-5-10(2)6-12(18)8-11/h3-8H,1-2H3. The van der Waals surface area contributed by atoms with Crippen molar-refractivity contribution in [3.05, 3.63) is 58.5 Å². The Labute approximate surface area is 121 Å². The molecule has 20 heavy (non-hydrogen) atoms. The lowest BCUT2D eigenvalue weighted by Gasteiger charge is -2.06. The third kappa shape index (κ3) is 2.37. The van der Waals surface area contributed by atoms with Crippen molar-refractivity contribution >= 4 is 22.5 Å². The highest BCUT2D eigenvalue weighted by Crippen LogP contribution is 2.26. The Balaban J connectivity index is 2.24. The molecule has 2 aromatic carbocycles. The largest absolute Gasteiger partial charge is 0.228 e. The van der Waals surface area contributed by atoms with Gasteiger partial charge in [0.2, 0.25) is 0 Å². The molecular formula is C16H12ClFN2. The zero-order valence-corrected chi connectivity index (χ0v) is 11.9. The van der Waals surface area contributed by atoms with Crippen molar-refractivity contribution in [2.75, 3.05) is 0 Å². The first-order valence-corrected chi connectivity index (χ1v) is 6.62. The molecule has 0 aliphatic carbocycles. The Morgan fingerprint density at radius 3 is 2.50 bits per heavy atom. The topological polar surface area (TPSA) is 25.8 Å². The number of hydrogen-bond donors (Lipinski definition) is 0. The molecule has 0 saturated heterocycles. The Kier molecular flexibility index (Phi) is 3.14. The number of aryl methyl sites for hydroxylation is 2. The smallest absolute Gasteiger partial charge is 0.161 e. The summed E-state index contributed by atoms with van der Waals surface area (Å²) < 4.78 is 13.5. The summed E-state index contributed by atoms with van der Waals surface area (Å²) in [5, 5.41) is 1.19. The first-order valence-electron chi connectivity index (χ1n) is 6.24. The molecule has 2 nitrogen and oxygen atoms in total. The van der Waals surface area contributed by atoms with Gasteiger partial charge in [-0.05, 0) is 49.7 Å². The predicted octanol–water partition coefficient (Wildman–Crippen LogP) is 4.71. The molecule has 0 bridgehead atoms. The van der Waals surface area contributed by atoms with Crippen LogP contribution in [0, 0.1) is 19.7 Å². The maximum Gasteiger partial charge on any atom is 0.161 e. The maximum atomic E-state index is 13.5. The molecule has 0 fully saturated rings. The quantitative estimate of drug-likeness (QED) is 0.606. The molecule has 0 amide bonds. The lowest BCUT2D eigenvalue weighted by atomic mass is 10.1. The second-order valence-electron chi connectivity index (χ2n) is 4.88. The van der Waals surface area contributed by atoms with Crippen LogP contribution < -0.4 is 0 Å². The van der Waals surface area contributed by atoms with E-state index in [0.29, 0.717) is 16.5 Å². The Hall–Kier alpha value is -2.00. The van der Waals surface area contributed by atoms with Gasteiger partial charge in [0.05, 0.1) is 5.52 Å². The van der Waals surface area contributed by atoms with E-state index in [-0.39, 0.29) is 5.82 Å². The summed E-state index contributed by atoms with van der Waals surface area (Å²) >= 11 is 6.22. The van der Waals surface area contributed by atoms with Gasteiger partial charge in [0.1, 0.15) is 11.0 Å². The van der Waals surface area contributed by atoms with Crippen LogP contribution in [0.25, 0.3) is 22.3 Å². The lowest BCUT2D eigenvalue weighted by molar-refractivity contribution is 0.627. The fraction of sp³-hybridized carbons (Fsp3) is 0.125. The average molecular weight is 287 g/mol. The third-order valence-electron chi connectivity index (χ3n) is 3.11. The van der Waals surface area contributed by atoms with Crippen molar-refractivity contribution in [3.63, 3.8) is 0 Å². The van der Waals surface area contributed by atoms with Gasteiger partial charge in [-0.3, -0.25) is 0 Å². The molecule has 0 spiro atoms. The molecule has 3 aromatic rings. The fourth-order valence-electron chi connectivity index (χ4n) is 2.20. The number of rotatable bonds is 1. The molecule has 1 aromatic heterocycles. The molecule has 0 saturated carbocycles. The maximum absolute atomic E-state index is 13.5.